The van der Waals surface area contributed by atoms with E-state index < -0.39 is 5.97 Å². The van der Waals surface area contributed by atoms with Crippen molar-refractivity contribution in [3.63, 3.8) is 0 Å². The van der Waals surface area contributed by atoms with Crippen molar-refractivity contribution in [2.75, 3.05) is 6.61 Å². The van der Waals surface area contributed by atoms with E-state index >= 15 is 0 Å². The SMILES string of the molecule is CCc1nnc(OCCCC(C)C)c(C(=O)O)c1CC. The van der Waals surface area contributed by atoms with Gasteiger partial charge in [-0.15, -0.1) is 5.10 Å². The molecule has 0 unspecified atom stereocenters. The van der Waals surface area contributed by atoms with Crippen LogP contribution in [0.2, 0.25) is 0 Å². The summed E-state index contributed by atoms with van der Waals surface area (Å²) < 4.78 is 5.54. The third kappa shape index (κ3) is 4.18. The second kappa shape index (κ2) is 7.82. The van der Waals surface area contributed by atoms with E-state index in [-0.39, 0.29) is 11.4 Å². The van der Waals surface area contributed by atoms with Crippen LogP contribution in [0, 0.1) is 5.92 Å². The highest BCUT2D eigenvalue weighted by Gasteiger charge is 2.21. The molecular weight excluding hydrogens is 256 g/mol. The molecule has 0 aliphatic heterocycles. The topological polar surface area (TPSA) is 72.3 Å². The molecule has 5 nitrogen and oxygen atoms in total. The number of hydrogen-bond donors (Lipinski definition) is 1. The van der Waals surface area contributed by atoms with Gasteiger partial charge in [0.05, 0.1) is 12.3 Å². The van der Waals surface area contributed by atoms with Crippen molar-refractivity contribution < 1.29 is 14.6 Å². The number of carboxylic acid groups (broad SMARTS) is 1. The molecule has 1 aromatic heterocycles. The molecule has 5 heteroatoms. The minimum absolute atomic E-state index is 0.148. The first kappa shape index (κ1) is 16.4. The van der Waals surface area contributed by atoms with E-state index in [1.807, 2.05) is 13.8 Å². The summed E-state index contributed by atoms with van der Waals surface area (Å²) in [6.07, 6.45) is 3.21. The highest BCUT2D eigenvalue weighted by molar-refractivity contribution is 5.92. The van der Waals surface area contributed by atoms with Gasteiger partial charge in [-0.2, -0.15) is 5.10 Å². The molecule has 0 bridgehead atoms. The lowest BCUT2D eigenvalue weighted by Crippen LogP contribution is -2.13. The van der Waals surface area contributed by atoms with Crippen LogP contribution >= 0.6 is 0 Å². The zero-order chi connectivity index (χ0) is 15.1. The number of aryl methyl sites for hydroxylation is 1. The molecule has 0 atom stereocenters. The largest absolute Gasteiger partial charge is 0.477 e. The van der Waals surface area contributed by atoms with Crippen LogP contribution in [0.15, 0.2) is 0 Å². The Morgan fingerprint density at radius 2 is 1.95 bits per heavy atom. The van der Waals surface area contributed by atoms with E-state index in [2.05, 4.69) is 24.0 Å². The highest BCUT2D eigenvalue weighted by atomic mass is 16.5. The normalized spacial score (nSPS) is 10.8. The van der Waals surface area contributed by atoms with Crippen molar-refractivity contribution >= 4 is 5.97 Å². The Kier molecular flexibility index (Phi) is 6.42. The molecular formula is C15H24N2O3. The number of rotatable bonds is 8. The van der Waals surface area contributed by atoms with Gasteiger partial charge < -0.3 is 9.84 Å². The van der Waals surface area contributed by atoms with Crippen LogP contribution in [0.4, 0.5) is 0 Å². The van der Waals surface area contributed by atoms with E-state index in [0.29, 0.717) is 25.4 Å². The molecule has 1 N–H and O–H groups in total. The molecule has 0 radical (unpaired) electrons. The Hall–Kier alpha value is -1.65. The van der Waals surface area contributed by atoms with Crippen LogP contribution in [0.1, 0.15) is 62.2 Å². The van der Waals surface area contributed by atoms with Gasteiger partial charge in [0.25, 0.3) is 0 Å². The minimum Gasteiger partial charge on any atom is -0.477 e. The Morgan fingerprint density at radius 3 is 2.45 bits per heavy atom. The Balaban J connectivity index is 2.92. The molecule has 0 aliphatic carbocycles. The summed E-state index contributed by atoms with van der Waals surface area (Å²) in [5, 5.41) is 17.4. The predicted octanol–water partition coefficient (Wildman–Crippen LogP) is 3.11. The van der Waals surface area contributed by atoms with Crippen LogP contribution in [-0.4, -0.2) is 27.9 Å². The lowest BCUT2D eigenvalue weighted by atomic mass is 10.0. The second-order valence-electron chi connectivity index (χ2n) is 5.20. The maximum atomic E-state index is 11.5. The van der Waals surface area contributed by atoms with Crippen molar-refractivity contribution in [1.29, 1.82) is 0 Å². The van der Waals surface area contributed by atoms with Gasteiger partial charge in [-0.1, -0.05) is 27.7 Å². The molecule has 0 saturated carbocycles. The van der Waals surface area contributed by atoms with Crippen LogP contribution in [0.25, 0.3) is 0 Å². The summed E-state index contributed by atoms with van der Waals surface area (Å²) in [5.74, 6) is -0.238. The van der Waals surface area contributed by atoms with Gasteiger partial charge in [-0.05, 0) is 37.2 Å². The molecule has 0 fully saturated rings. The molecule has 112 valence electrons. The average molecular weight is 280 g/mol. The maximum absolute atomic E-state index is 11.5. The maximum Gasteiger partial charge on any atom is 0.341 e. The zero-order valence-electron chi connectivity index (χ0n) is 12.8. The van der Waals surface area contributed by atoms with Gasteiger partial charge in [0.2, 0.25) is 5.88 Å². The van der Waals surface area contributed by atoms with E-state index in [1.165, 1.54) is 0 Å². The summed E-state index contributed by atoms with van der Waals surface area (Å²) in [5.41, 5.74) is 1.64. The minimum atomic E-state index is -0.995. The summed E-state index contributed by atoms with van der Waals surface area (Å²) in [6.45, 7) is 8.63. The Bertz CT molecular complexity index is 459. The molecule has 0 amide bonds. The molecule has 0 aromatic carbocycles. The standard InChI is InChI=1S/C15H24N2O3/c1-5-11-12(6-2)16-17-14(13(11)15(18)19)20-9-7-8-10(3)4/h10H,5-9H2,1-4H3,(H,18,19). The van der Waals surface area contributed by atoms with Crippen LogP contribution in [0.3, 0.4) is 0 Å². The average Bonchev–Trinajstić information content (AvgIpc) is 2.41. The van der Waals surface area contributed by atoms with E-state index in [4.69, 9.17) is 4.74 Å². The van der Waals surface area contributed by atoms with E-state index in [1.54, 1.807) is 0 Å². The number of carboxylic acids is 1. The van der Waals surface area contributed by atoms with Crippen LogP contribution in [0.5, 0.6) is 5.88 Å². The van der Waals surface area contributed by atoms with Crippen molar-refractivity contribution in [3.8, 4) is 5.88 Å². The molecule has 0 aliphatic rings. The lowest BCUT2D eigenvalue weighted by molar-refractivity contribution is 0.0689. The molecule has 1 aromatic rings. The number of nitrogens with zero attached hydrogens (tertiary/aromatic N) is 2. The molecule has 0 spiro atoms. The number of aromatic nitrogens is 2. The van der Waals surface area contributed by atoms with E-state index in [9.17, 15) is 9.90 Å². The van der Waals surface area contributed by atoms with Gasteiger partial charge in [-0.25, -0.2) is 4.79 Å². The summed E-state index contributed by atoms with van der Waals surface area (Å²) >= 11 is 0. The zero-order valence-corrected chi connectivity index (χ0v) is 12.8. The Labute approximate surface area is 120 Å². The number of aromatic carboxylic acids is 1. The van der Waals surface area contributed by atoms with Gasteiger partial charge in [0.1, 0.15) is 5.56 Å². The first-order valence-corrected chi connectivity index (χ1v) is 7.25. The fourth-order valence-electron chi connectivity index (χ4n) is 2.14. The molecule has 1 heterocycles. The third-order valence-electron chi connectivity index (χ3n) is 3.19. The monoisotopic (exact) mass is 280 g/mol. The van der Waals surface area contributed by atoms with Gasteiger partial charge in [0, 0.05) is 0 Å². The van der Waals surface area contributed by atoms with Gasteiger partial charge >= 0.3 is 5.97 Å². The van der Waals surface area contributed by atoms with Crippen LogP contribution in [-0.2, 0) is 12.8 Å². The van der Waals surface area contributed by atoms with Crippen molar-refractivity contribution in [3.05, 3.63) is 16.8 Å². The van der Waals surface area contributed by atoms with Crippen molar-refractivity contribution in [2.45, 2.75) is 53.4 Å². The summed E-state index contributed by atoms with van der Waals surface area (Å²) in [6, 6.07) is 0. The number of ether oxygens (including phenoxy) is 1. The van der Waals surface area contributed by atoms with Crippen molar-refractivity contribution in [2.24, 2.45) is 5.92 Å². The molecule has 20 heavy (non-hydrogen) atoms. The highest BCUT2D eigenvalue weighted by Crippen LogP contribution is 2.23. The second-order valence-corrected chi connectivity index (χ2v) is 5.20. The smallest absolute Gasteiger partial charge is 0.341 e. The van der Waals surface area contributed by atoms with Crippen LogP contribution < -0.4 is 4.74 Å². The number of hydrogen-bond acceptors (Lipinski definition) is 4. The van der Waals surface area contributed by atoms with Gasteiger partial charge in [0.15, 0.2) is 0 Å². The summed E-state index contributed by atoms with van der Waals surface area (Å²) in [7, 11) is 0. The fourth-order valence-corrected chi connectivity index (χ4v) is 2.14. The molecule has 1 rings (SSSR count). The third-order valence-corrected chi connectivity index (χ3v) is 3.19. The first-order valence-electron chi connectivity index (χ1n) is 7.25. The van der Waals surface area contributed by atoms with E-state index in [0.717, 1.165) is 24.1 Å². The predicted molar refractivity (Wildman–Crippen MR) is 77.3 cm³/mol. The Morgan fingerprint density at radius 1 is 1.25 bits per heavy atom. The lowest BCUT2D eigenvalue weighted by Gasteiger charge is -2.13. The first-order chi connectivity index (χ1) is 9.51. The molecule has 0 saturated heterocycles. The quantitative estimate of drug-likeness (QED) is 0.741. The van der Waals surface area contributed by atoms with Gasteiger partial charge in [-0.3, -0.25) is 0 Å². The fraction of sp³-hybridized carbons (Fsp3) is 0.667. The van der Waals surface area contributed by atoms with Crippen molar-refractivity contribution in [1.82, 2.24) is 10.2 Å². The summed E-state index contributed by atoms with van der Waals surface area (Å²) in [4.78, 5) is 11.5. The number of carbonyl (C=O) groups is 1.